The summed E-state index contributed by atoms with van der Waals surface area (Å²) in [5.41, 5.74) is 1.13. The molecule has 0 fully saturated rings. The van der Waals surface area contributed by atoms with Gasteiger partial charge in [0.05, 0.1) is 17.7 Å². The van der Waals surface area contributed by atoms with Crippen molar-refractivity contribution in [2.75, 3.05) is 11.9 Å². The highest BCUT2D eigenvalue weighted by molar-refractivity contribution is 6.06. The molecule has 0 radical (unpaired) electrons. The first-order valence-electron chi connectivity index (χ1n) is 6.48. The number of ether oxygens (including phenoxy) is 1. The predicted octanol–water partition coefficient (Wildman–Crippen LogP) is 3.04. The highest BCUT2D eigenvalue weighted by Crippen LogP contribution is 2.20. The summed E-state index contributed by atoms with van der Waals surface area (Å²) < 4.78 is 5.41. The minimum atomic E-state index is -1.01. The third-order valence-corrected chi connectivity index (χ3v) is 2.82. The van der Waals surface area contributed by atoms with Crippen LogP contribution in [0.25, 0.3) is 0 Å². The van der Waals surface area contributed by atoms with E-state index >= 15 is 0 Å². The molecule has 0 aliphatic rings. The number of para-hydroxylation sites is 1. The second-order valence-corrected chi connectivity index (χ2v) is 4.27. The lowest BCUT2D eigenvalue weighted by Crippen LogP contribution is -2.13. The van der Waals surface area contributed by atoms with Gasteiger partial charge in [0.1, 0.15) is 5.75 Å². The molecule has 0 saturated heterocycles. The molecule has 0 aromatic heterocycles. The second-order valence-electron chi connectivity index (χ2n) is 4.27. The van der Waals surface area contributed by atoms with Crippen molar-refractivity contribution in [1.82, 2.24) is 0 Å². The zero-order valence-corrected chi connectivity index (χ0v) is 11.5. The average molecular weight is 285 g/mol. The molecule has 2 aromatic rings. The molecule has 0 spiro atoms. The summed E-state index contributed by atoms with van der Waals surface area (Å²) in [4.78, 5) is 23.0. The number of anilines is 1. The van der Waals surface area contributed by atoms with Crippen molar-refractivity contribution in [2.24, 2.45) is 0 Å². The van der Waals surface area contributed by atoms with Gasteiger partial charge in [0.2, 0.25) is 0 Å². The fourth-order valence-electron chi connectivity index (χ4n) is 1.83. The van der Waals surface area contributed by atoms with Crippen LogP contribution in [0.5, 0.6) is 5.75 Å². The van der Waals surface area contributed by atoms with Crippen LogP contribution in [-0.4, -0.2) is 23.6 Å². The summed E-state index contributed by atoms with van der Waals surface area (Å²) in [6, 6.07) is 12.9. The molecule has 0 bridgehead atoms. The van der Waals surface area contributed by atoms with E-state index in [0.29, 0.717) is 23.6 Å². The molecule has 1 amide bonds. The maximum absolute atomic E-state index is 12.2. The summed E-state index contributed by atoms with van der Waals surface area (Å²) in [6.07, 6.45) is 0. The lowest BCUT2D eigenvalue weighted by molar-refractivity contribution is 0.0696. The fourth-order valence-corrected chi connectivity index (χ4v) is 1.83. The van der Waals surface area contributed by atoms with Gasteiger partial charge in [0.15, 0.2) is 0 Å². The van der Waals surface area contributed by atoms with E-state index in [1.807, 2.05) is 6.92 Å². The Balaban J connectivity index is 2.16. The van der Waals surface area contributed by atoms with Crippen molar-refractivity contribution in [3.8, 4) is 5.75 Å². The molecule has 21 heavy (non-hydrogen) atoms. The summed E-state index contributed by atoms with van der Waals surface area (Å²) in [6.45, 7) is 2.32. The Bertz CT molecular complexity index is 650. The van der Waals surface area contributed by atoms with Gasteiger partial charge >= 0.3 is 5.97 Å². The average Bonchev–Trinajstić information content (AvgIpc) is 2.48. The molecule has 2 N–H and O–H groups in total. The zero-order valence-electron chi connectivity index (χ0n) is 11.5. The Kier molecular flexibility index (Phi) is 4.56. The fraction of sp³-hybridized carbons (Fsp3) is 0.125. The Labute approximate surface area is 122 Å². The van der Waals surface area contributed by atoms with Gasteiger partial charge in [-0.3, -0.25) is 4.79 Å². The van der Waals surface area contributed by atoms with E-state index in [-0.39, 0.29) is 11.5 Å². The summed E-state index contributed by atoms with van der Waals surface area (Å²) in [5.74, 6) is -0.795. The lowest BCUT2D eigenvalue weighted by Gasteiger charge is -2.10. The van der Waals surface area contributed by atoms with Crippen molar-refractivity contribution < 1.29 is 19.4 Å². The normalized spacial score (nSPS) is 9.95. The number of hydrogen-bond donors (Lipinski definition) is 2. The van der Waals surface area contributed by atoms with Crippen LogP contribution in [0, 0.1) is 0 Å². The third-order valence-electron chi connectivity index (χ3n) is 2.82. The van der Waals surface area contributed by atoms with Gasteiger partial charge in [-0.25, -0.2) is 4.79 Å². The number of carbonyl (C=O) groups is 2. The predicted molar refractivity (Wildman–Crippen MR) is 79.0 cm³/mol. The van der Waals surface area contributed by atoms with E-state index in [0.717, 1.165) is 0 Å². The second kappa shape index (κ2) is 6.56. The largest absolute Gasteiger partial charge is 0.493 e. The number of carboxylic acid groups (broad SMARTS) is 1. The molecule has 108 valence electrons. The monoisotopic (exact) mass is 285 g/mol. The lowest BCUT2D eigenvalue weighted by atomic mass is 10.1. The van der Waals surface area contributed by atoms with Crippen LogP contribution >= 0.6 is 0 Å². The highest BCUT2D eigenvalue weighted by atomic mass is 16.5. The van der Waals surface area contributed by atoms with Gasteiger partial charge in [-0.15, -0.1) is 0 Å². The Hall–Kier alpha value is -2.82. The first-order valence-corrected chi connectivity index (χ1v) is 6.48. The molecular formula is C16H15NO4. The zero-order chi connectivity index (χ0) is 15.2. The number of hydrogen-bond acceptors (Lipinski definition) is 3. The van der Waals surface area contributed by atoms with Crippen LogP contribution < -0.4 is 10.1 Å². The van der Waals surface area contributed by atoms with E-state index in [9.17, 15) is 9.59 Å². The SMILES string of the molecule is CCOc1ccccc1C(=O)Nc1ccc(C(=O)O)cc1. The van der Waals surface area contributed by atoms with E-state index in [1.54, 1.807) is 36.4 Å². The van der Waals surface area contributed by atoms with E-state index in [2.05, 4.69) is 5.32 Å². The van der Waals surface area contributed by atoms with Crippen LogP contribution in [0.3, 0.4) is 0 Å². The number of aromatic carboxylic acids is 1. The van der Waals surface area contributed by atoms with Gasteiger partial charge in [-0.2, -0.15) is 0 Å². The summed E-state index contributed by atoms with van der Waals surface area (Å²) in [7, 11) is 0. The Morgan fingerprint density at radius 1 is 1.10 bits per heavy atom. The molecule has 0 unspecified atom stereocenters. The molecule has 0 aliphatic carbocycles. The molecule has 0 aliphatic heterocycles. The highest BCUT2D eigenvalue weighted by Gasteiger charge is 2.12. The molecule has 0 saturated carbocycles. The van der Waals surface area contributed by atoms with Crippen LogP contribution in [-0.2, 0) is 0 Å². The smallest absolute Gasteiger partial charge is 0.335 e. The number of rotatable bonds is 5. The number of amides is 1. The van der Waals surface area contributed by atoms with E-state index in [4.69, 9.17) is 9.84 Å². The maximum atomic E-state index is 12.2. The first-order chi connectivity index (χ1) is 10.1. The molecule has 5 nitrogen and oxygen atoms in total. The van der Waals surface area contributed by atoms with Crippen LogP contribution in [0.4, 0.5) is 5.69 Å². The molecular weight excluding hydrogens is 270 g/mol. The number of carbonyl (C=O) groups excluding carboxylic acids is 1. The maximum Gasteiger partial charge on any atom is 0.335 e. The van der Waals surface area contributed by atoms with Gasteiger partial charge in [-0.1, -0.05) is 12.1 Å². The topological polar surface area (TPSA) is 75.6 Å². The van der Waals surface area contributed by atoms with Crippen molar-refractivity contribution in [3.05, 3.63) is 59.7 Å². The van der Waals surface area contributed by atoms with Gasteiger partial charge < -0.3 is 15.2 Å². The number of benzene rings is 2. The molecule has 2 aromatic carbocycles. The first kappa shape index (κ1) is 14.6. The third kappa shape index (κ3) is 3.60. The standard InChI is InChI=1S/C16H15NO4/c1-2-21-14-6-4-3-5-13(14)15(18)17-12-9-7-11(8-10-12)16(19)20/h3-10H,2H2,1H3,(H,17,18)(H,19,20). The van der Waals surface area contributed by atoms with Gasteiger partial charge in [0.25, 0.3) is 5.91 Å². The van der Waals surface area contributed by atoms with E-state index < -0.39 is 5.97 Å². The van der Waals surface area contributed by atoms with E-state index in [1.165, 1.54) is 12.1 Å². The molecule has 0 heterocycles. The van der Waals surface area contributed by atoms with Crippen molar-refractivity contribution >= 4 is 17.6 Å². The quantitative estimate of drug-likeness (QED) is 0.885. The number of carboxylic acids is 1. The molecule has 0 atom stereocenters. The summed E-state index contributed by atoms with van der Waals surface area (Å²) in [5, 5.41) is 11.5. The van der Waals surface area contributed by atoms with Crippen molar-refractivity contribution in [3.63, 3.8) is 0 Å². The van der Waals surface area contributed by atoms with Crippen molar-refractivity contribution in [1.29, 1.82) is 0 Å². The van der Waals surface area contributed by atoms with Crippen LogP contribution in [0.1, 0.15) is 27.6 Å². The van der Waals surface area contributed by atoms with Gasteiger partial charge in [-0.05, 0) is 43.3 Å². The molecule has 5 heteroatoms. The molecule has 2 rings (SSSR count). The van der Waals surface area contributed by atoms with Crippen molar-refractivity contribution in [2.45, 2.75) is 6.92 Å². The van der Waals surface area contributed by atoms with Gasteiger partial charge in [0, 0.05) is 5.69 Å². The Morgan fingerprint density at radius 3 is 2.38 bits per heavy atom. The minimum absolute atomic E-state index is 0.169. The summed E-state index contributed by atoms with van der Waals surface area (Å²) >= 11 is 0. The van der Waals surface area contributed by atoms with Crippen LogP contribution in [0.2, 0.25) is 0 Å². The number of nitrogens with one attached hydrogen (secondary N) is 1. The van der Waals surface area contributed by atoms with Crippen LogP contribution in [0.15, 0.2) is 48.5 Å². The minimum Gasteiger partial charge on any atom is -0.493 e. The Morgan fingerprint density at radius 2 is 1.76 bits per heavy atom.